The minimum absolute atomic E-state index is 0.0125. The zero-order valence-electron chi connectivity index (χ0n) is 27.2. The van der Waals surface area contributed by atoms with E-state index < -0.39 is 45.9 Å². The summed E-state index contributed by atoms with van der Waals surface area (Å²) in [4.78, 5) is 58.8. The van der Waals surface area contributed by atoms with Crippen LogP contribution >= 0.6 is 0 Å². The van der Waals surface area contributed by atoms with Gasteiger partial charge in [-0.15, -0.1) is 0 Å². The number of hydrogen-bond acceptors (Lipinski definition) is 7. The molecule has 254 valence electrons. The van der Waals surface area contributed by atoms with Crippen molar-refractivity contribution in [2.45, 2.75) is 77.4 Å². The molecular weight excluding hydrogens is 622 g/mol. The number of aromatic carboxylic acids is 1. The number of carbonyl (C=O) groups is 1. The van der Waals surface area contributed by atoms with Crippen LogP contribution in [0.15, 0.2) is 44.7 Å². The van der Waals surface area contributed by atoms with Gasteiger partial charge in [0.15, 0.2) is 5.82 Å². The van der Waals surface area contributed by atoms with Gasteiger partial charge in [0, 0.05) is 67.2 Å². The molecule has 2 aromatic carbocycles. The molecule has 6 rings (SSSR count). The Hall–Kier alpha value is -4.62. The largest absolute Gasteiger partial charge is 0.477 e. The van der Waals surface area contributed by atoms with E-state index in [2.05, 4.69) is 20.6 Å². The number of benzene rings is 2. The SMILES string of the molecule is CCc1cc(Nc2cc(=O)n(CCCC(c3c(F)cc4c(=O)c(C(=O)O)c(C5CC5)[nH]c4c3F)N3CCNC(C)C3)c(=O)[nH]2)ccc1C. The van der Waals surface area contributed by atoms with Crippen LogP contribution < -0.4 is 27.3 Å². The van der Waals surface area contributed by atoms with Crippen LogP contribution in [0.3, 0.4) is 0 Å². The van der Waals surface area contributed by atoms with Crippen molar-refractivity contribution in [1.82, 2.24) is 24.8 Å². The van der Waals surface area contributed by atoms with E-state index in [9.17, 15) is 24.3 Å². The van der Waals surface area contributed by atoms with E-state index >= 15 is 8.78 Å². The summed E-state index contributed by atoms with van der Waals surface area (Å²) in [5.41, 5.74) is 0.215. The Kier molecular flexibility index (Phi) is 9.35. The van der Waals surface area contributed by atoms with E-state index in [1.165, 1.54) is 6.07 Å². The molecule has 0 spiro atoms. The summed E-state index contributed by atoms with van der Waals surface area (Å²) in [5, 5.41) is 15.8. The number of halogens is 2. The fraction of sp³-hybridized carbons (Fsp3) is 0.429. The Morgan fingerprint density at radius 2 is 1.90 bits per heavy atom. The quantitative estimate of drug-likeness (QED) is 0.156. The molecule has 13 heteroatoms. The lowest BCUT2D eigenvalue weighted by Gasteiger charge is -2.38. The molecule has 2 aromatic heterocycles. The first-order valence-corrected chi connectivity index (χ1v) is 16.5. The molecule has 1 saturated heterocycles. The average molecular weight is 663 g/mol. The normalized spacial score (nSPS) is 17.5. The van der Waals surface area contributed by atoms with Gasteiger partial charge >= 0.3 is 11.7 Å². The third-order valence-electron chi connectivity index (χ3n) is 9.52. The van der Waals surface area contributed by atoms with Crippen molar-refractivity contribution in [2.24, 2.45) is 0 Å². The molecule has 11 nitrogen and oxygen atoms in total. The first kappa shape index (κ1) is 33.3. The highest BCUT2D eigenvalue weighted by Crippen LogP contribution is 2.41. The third kappa shape index (κ3) is 6.56. The van der Waals surface area contributed by atoms with Crippen LogP contribution in [0.2, 0.25) is 0 Å². The number of pyridine rings is 1. The van der Waals surface area contributed by atoms with Gasteiger partial charge in [-0.3, -0.25) is 24.0 Å². The number of hydrogen-bond donors (Lipinski definition) is 5. The summed E-state index contributed by atoms with van der Waals surface area (Å²) in [7, 11) is 0. The van der Waals surface area contributed by atoms with Crippen LogP contribution in [0.4, 0.5) is 20.3 Å². The molecule has 0 radical (unpaired) electrons. The van der Waals surface area contributed by atoms with Crippen molar-refractivity contribution in [3.8, 4) is 0 Å². The molecule has 48 heavy (non-hydrogen) atoms. The number of nitrogens with one attached hydrogen (secondary N) is 4. The van der Waals surface area contributed by atoms with Gasteiger partial charge in [-0.25, -0.2) is 18.4 Å². The second-order valence-electron chi connectivity index (χ2n) is 12.9. The van der Waals surface area contributed by atoms with Crippen LogP contribution in [0.25, 0.3) is 10.9 Å². The molecule has 5 N–H and O–H groups in total. The predicted octanol–water partition coefficient (Wildman–Crippen LogP) is 4.66. The molecule has 0 amide bonds. The summed E-state index contributed by atoms with van der Waals surface area (Å²) >= 11 is 0. The average Bonchev–Trinajstić information content (AvgIpc) is 3.88. The summed E-state index contributed by atoms with van der Waals surface area (Å²) in [5.74, 6) is -3.28. The van der Waals surface area contributed by atoms with Crippen LogP contribution in [-0.2, 0) is 13.0 Å². The highest BCUT2D eigenvalue weighted by molar-refractivity contribution is 5.94. The first-order chi connectivity index (χ1) is 23.0. The minimum Gasteiger partial charge on any atom is -0.477 e. The first-order valence-electron chi connectivity index (χ1n) is 16.5. The number of aryl methyl sites for hydroxylation is 2. The monoisotopic (exact) mass is 662 g/mol. The summed E-state index contributed by atoms with van der Waals surface area (Å²) in [6, 6.07) is 7.30. The molecular formula is C35H40F2N6O5. The molecule has 2 atom stereocenters. The van der Waals surface area contributed by atoms with Gasteiger partial charge in [0.05, 0.1) is 10.9 Å². The lowest BCUT2D eigenvalue weighted by atomic mass is 9.95. The number of aromatic amines is 2. The number of fused-ring (bicyclic) bond motifs is 1. The number of anilines is 2. The van der Waals surface area contributed by atoms with E-state index in [1.54, 1.807) is 0 Å². The van der Waals surface area contributed by atoms with Crippen molar-refractivity contribution in [2.75, 3.05) is 25.0 Å². The van der Waals surface area contributed by atoms with Gasteiger partial charge in [0.25, 0.3) is 5.56 Å². The maximum Gasteiger partial charge on any atom is 0.341 e. The lowest BCUT2D eigenvalue weighted by molar-refractivity contribution is 0.0694. The van der Waals surface area contributed by atoms with Gasteiger partial charge in [-0.1, -0.05) is 13.0 Å². The summed E-state index contributed by atoms with van der Waals surface area (Å²) in [6.45, 7) is 7.62. The molecule has 1 aliphatic carbocycles. The van der Waals surface area contributed by atoms with E-state index in [1.807, 2.05) is 43.9 Å². The van der Waals surface area contributed by atoms with Crippen LogP contribution in [-0.4, -0.2) is 56.2 Å². The fourth-order valence-electron chi connectivity index (χ4n) is 6.87. The number of carboxylic acid groups (broad SMARTS) is 1. The van der Waals surface area contributed by atoms with Crippen molar-refractivity contribution < 1.29 is 18.7 Å². The zero-order chi connectivity index (χ0) is 34.3. The summed E-state index contributed by atoms with van der Waals surface area (Å²) < 4.78 is 33.5. The number of nitrogens with zero attached hydrogens (tertiary/aromatic N) is 2. The number of rotatable bonds is 11. The maximum absolute atomic E-state index is 16.5. The highest BCUT2D eigenvalue weighted by atomic mass is 19.1. The number of aromatic nitrogens is 3. The van der Waals surface area contributed by atoms with E-state index in [0.717, 1.165) is 33.9 Å². The molecule has 0 bridgehead atoms. The molecule has 1 aliphatic heterocycles. The van der Waals surface area contributed by atoms with Crippen LogP contribution in [0, 0.1) is 18.6 Å². The fourth-order valence-corrected chi connectivity index (χ4v) is 6.87. The van der Waals surface area contributed by atoms with Gasteiger partial charge in [0.1, 0.15) is 17.2 Å². The standard InChI is InChI=1S/C35H40F2N6O5/c1-4-20-14-22(10-7-18(20)2)39-26-16-27(44)43(35(48)40-26)12-5-6-25(42-13-11-38-19(3)17-42)28-24(36)15-23-32(30(28)37)41-31(21-8-9-21)29(33(23)45)34(46)47/h7,10,14-16,19,21,25,38-39H,4-6,8-9,11-13,17H2,1-3H3,(H,40,48)(H,41,45)(H,46,47). The number of piperazine rings is 1. The van der Waals surface area contributed by atoms with Crippen LogP contribution in [0.5, 0.6) is 0 Å². The predicted molar refractivity (Wildman–Crippen MR) is 180 cm³/mol. The van der Waals surface area contributed by atoms with Gasteiger partial charge in [0.2, 0.25) is 5.43 Å². The Labute approximate surface area is 275 Å². The maximum atomic E-state index is 16.5. The topological polar surface area (TPSA) is 152 Å². The number of H-pyrrole nitrogens is 2. The molecule has 4 aromatic rings. The van der Waals surface area contributed by atoms with Gasteiger partial charge in [-0.2, -0.15) is 0 Å². The second kappa shape index (κ2) is 13.5. The van der Waals surface area contributed by atoms with Crippen molar-refractivity contribution in [3.63, 3.8) is 0 Å². The third-order valence-corrected chi connectivity index (χ3v) is 9.52. The van der Waals surface area contributed by atoms with E-state index in [0.29, 0.717) is 32.5 Å². The van der Waals surface area contributed by atoms with E-state index in [-0.39, 0.29) is 59.3 Å². The minimum atomic E-state index is -1.44. The molecule has 2 aliphatic rings. The number of carboxylic acids is 1. The molecule has 2 fully saturated rings. The Bertz CT molecular complexity index is 2040. The van der Waals surface area contributed by atoms with Gasteiger partial charge in [-0.05, 0) is 75.3 Å². The van der Waals surface area contributed by atoms with Crippen molar-refractivity contribution in [3.05, 3.63) is 101 Å². The van der Waals surface area contributed by atoms with Crippen LogP contribution in [0.1, 0.15) is 84.2 Å². The Balaban J connectivity index is 1.30. The van der Waals surface area contributed by atoms with Crippen molar-refractivity contribution in [1.29, 1.82) is 0 Å². The molecule has 1 saturated carbocycles. The smallest absolute Gasteiger partial charge is 0.341 e. The van der Waals surface area contributed by atoms with E-state index in [4.69, 9.17) is 0 Å². The van der Waals surface area contributed by atoms with Gasteiger partial charge < -0.3 is 20.7 Å². The Morgan fingerprint density at radius 1 is 1.12 bits per heavy atom. The Morgan fingerprint density at radius 3 is 2.56 bits per heavy atom. The zero-order valence-corrected chi connectivity index (χ0v) is 27.2. The molecule has 3 heterocycles. The molecule has 2 unspecified atom stereocenters. The van der Waals surface area contributed by atoms with Crippen molar-refractivity contribution >= 4 is 28.4 Å². The summed E-state index contributed by atoms with van der Waals surface area (Å²) in [6.07, 6.45) is 2.62. The highest BCUT2D eigenvalue weighted by Gasteiger charge is 2.35. The lowest BCUT2D eigenvalue weighted by Crippen LogP contribution is -2.50. The second-order valence-corrected chi connectivity index (χ2v) is 12.9.